The molecule has 120 valence electrons. The molecule has 4 nitrogen and oxygen atoms in total. The maximum Gasteiger partial charge on any atom is 0.338 e. The summed E-state index contributed by atoms with van der Waals surface area (Å²) in [5, 5.41) is 2.75. The van der Waals surface area contributed by atoms with Crippen LogP contribution in [0.5, 0.6) is 0 Å². The van der Waals surface area contributed by atoms with E-state index < -0.39 is 5.97 Å². The van der Waals surface area contributed by atoms with E-state index >= 15 is 0 Å². The van der Waals surface area contributed by atoms with Crippen molar-refractivity contribution in [1.29, 1.82) is 0 Å². The number of benzene rings is 2. The van der Waals surface area contributed by atoms with Gasteiger partial charge < -0.3 is 10.1 Å². The summed E-state index contributed by atoms with van der Waals surface area (Å²) >= 11 is 3.29. The second-order valence-corrected chi connectivity index (χ2v) is 6.03. The number of carbonyl (C=O) groups is 2. The Morgan fingerprint density at radius 2 is 1.78 bits per heavy atom. The molecule has 5 heteroatoms. The van der Waals surface area contributed by atoms with E-state index in [4.69, 9.17) is 4.74 Å². The second kappa shape index (κ2) is 8.48. The molecule has 0 aliphatic heterocycles. The molecule has 0 aliphatic rings. The van der Waals surface area contributed by atoms with Gasteiger partial charge in [-0.05, 0) is 48.7 Å². The first-order valence-electron chi connectivity index (χ1n) is 7.30. The summed E-state index contributed by atoms with van der Waals surface area (Å²) < 4.78 is 5.87. The molecule has 0 fully saturated rings. The van der Waals surface area contributed by atoms with Gasteiger partial charge in [0, 0.05) is 11.0 Å². The highest BCUT2D eigenvalue weighted by molar-refractivity contribution is 9.10. The summed E-state index contributed by atoms with van der Waals surface area (Å²) in [6.07, 6.45) is 0.749. The van der Waals surface area contributed by atoms with E-state index in [0.29, 0.717) is 12.1 Å². The fourth-order valence-electron chi connectivity index (χ4n) is 2.08. The third-order valence-electron chi connectivity index (χ3n) is 3.39. The van der Waals surface area contributed by atoms with Crippen LogP contribution in [0.1, 0.15) is 21.5 Å². The number of carbonyl (C=O) groups excluding carboxylic acids is 2. The Hall–Kier alpha value is -2.14. The molecule has 0 radical (unpaired) electrons. The molecule has 0 saturated heterocycles. The Balaban J connectivity index is 1.72. The molecule has 2 aromatic rings. The van der Waals surface area contributed by atoms with E-state index in [1.54, 1.807) is 24.3 Å². The van der Waals surface area contributed by atoms with Crippen molar-refractivity contribution >= 4 is 27.8 Å². The Bertz CT molecular complexity index is 683. The number of hydrogen-bond donors (Lipinski definition) is 1. The van der Waals surface area contributed by atoms with Crippen LogP contribution in [-0.2, 0) is 16.0 Å². The summed E-state index contributed by atoms with van der Waals surface area (Å²) in [7, 11) is 0. The van der Waals surface area contributed by atoms with Crippen molar-refractivity contribution in [3.8, 4) is 0 Å². The molecule has 1 N–H and O–H groups in total. The molecule has 1 amide bonds. The van der Waals surface area contributed by atoms with Gasteiger partial charge in [-0.25, -0.2) is 4.79 Å². The van der Waals surface area contributed by atoms with Gasteiger partial charge in [0.15, 0.2) is 6.61 Å². The first-order valence-corrected chi connectivity index (χ1v) is 8.09. The molecule has 0 aliphatic carbocycles. The van der Waals surface area contributed by atoms with Crippen molar-refractivity contribution in [3.05, 3.63) is 69.7 Å². The Morgan fingerprint density at radius 1 is 1.09 bits per heavy atom. The number of halogens is 1. The van der Waals surface area contributed by atoms with Crippen LogP contribution in [0, 0.1) is 6.92 Å². The zero-order chi connectivity index (χ0) is 16.7. The van der Waals surface area contributed by atoms with Gasteiger partial charge in [0.2, 0.25) is 0 Å². The zero-order valence-corrected chi connectivity index (χ0v) is 14.4. The fraction of sp³-hybridized carbons (Fsp3) is 0.222. The Morgan fingerprint density at radius 3 is 2.48 bits per heavy atom. The van der Waals surface area contributed by atoms with Crippen molar-refractivity contribution in [2.45, 2.75) is 13.3 Å². The molecule has 0 bridgehead atoms. The minimum Gasteiger partial charge on any atom is -0.452 e. The lowest BCUT2D eigenvalue weighted by atomic mass is 10.1. The molecule has 0 heterocycles. The number of ether oxygens (including phenoxy) is 1. The molecule has 2 aromatic carbocycles. The van der Waals surface area contributed by atoms with E-state index in [1.807, 2.05) is 31.2 Å². The number of aryl methyl sites for hydroxylation is 1. The lowest BCUT2D eigenvalue weighted by Crippen LogP contribution is -2.30. The quantitative estimate of drug-likeness (QED) is 0.788. The number of amides is 1. The maximum absolute atomic E-state index is 11.8. The van der Waals surface area contributed by atoms with Crippen LogP contribution in [0.25, 0.3) is 0 Å². The fourth-order valence-corrected chi connectivity index (χ4v) is 2.34. The lowest BCUT2D eigenvalue weighted by molar-refractivity contribution is -0.124. The highest BCUT2D eigenvalue weighted by Gasteiger charge is 2.09. The van der Waals surface area contributed by atoms with Crippen LogP contribution in [0.4, 0.5) is 0 Å². The molecule has 23 heavy (non-hydrogen) atoms. The van der Waals surface area contributed by atoms with Crippen molar-refractivity contribution in [2.24, 2.45) is 0 Å². The highest BCUT2D eigenvalue weighted by atomic mass is 79.9. The SMILES string of the molecule is Cc1ccccc1CCNC(=O)COC(=O)c1ccc(Br)cc1. The molecule has 0 atom stereocenters. The Kier molecular flexibility index (Phi) is 6.35. The largest absolute Gasteiger partial charge is 0.452 e. The third-order valence-corrected chi connectivity index (χ3v) is 3.92. The topological polar surface area (TPSA) is 55.4 Å². The number of rotatable bonds is 6. The van der Waals surface area contributed by atoms with E-state index in [9.17, 15) is 9.59 Å². The predicted molar refractivity (Wildman–Crippen MR) is 92.3 cm³/mol. The van der Waals surface area contributed by atoms with Crippen LogP contribution in [0.2, 0.25) is 0 Å². The lowest BCUT2D eigenvalue weighted by Gasteiger charge is -2.08. The van der Waals surface area contributed by atoms with Gasteiger partial charge in [-0.1, -0.05) is 40.2 Å². The van der Waals surface area contributed by atoms with Crippen molar-refractivity contribution < 1.29 is 14.3 Å². The average Bonchev–Trinajstić information content (AvgIpc) is 2.55. The summed E-state index contributed by atoms with van der Waals surface area (Å²) in [5.74, 6) is -0.810. The van der Waals surface area contributed by atoms with Crippen molar-refractivity contribution in [2.75, 3.05) is 13.2 Å². The monoisotopic (exact) mass is 375 g/mol. The van der Waals surface area contributed by atoms with E-state index in [1.165, 1.54) is 11.1 Å². The minimum atomic E-state index is -0.508. The number of esters is 1. The van der Waals surface area contributed by atoms with Gasteiger partial charge in [-0.15, -0.1) is 0 Å². The zero-order valence-electron chi connectivity index (χ0n) is 12.8. The number of nitrogens with one attached hydrogen (secondary N) is 1. The third kappa shape index (κ3) is 5.53. The van der Waals surface area contributed by atoms with E-state index in [-0.39, 0.29) is 12.5 Å². The molecular formula is C18H18BrNO3. The smallest absolute Gasteiger partial charge is 0.338 e. The van der Waals surface area contributed by atoms with Crippen molar-refractivity contribution in [1.82, 2.24) is 5.32 Å². The summed E-state index contributed by atoms with van der Waals surface area (Å²) in [6, 6.07) is 14.8. The van der Waals surface area contributed by atoms with Gasteiger partial charge in [-0.2, -0.15) is 0 Å². The molecule has 0 saturated carbocycles. The van der Waals surface area contributed by atoms with Crippen LogP contribution in [0.3, 0.4) is 0 Å². The first-order chi connectivity index (χ1) is 11.1. The summed E-state index contributed by atoms with van der Waals surface area (Å²) in [6.45, 7) is 2.28. The molecule has 0 unspecified atom stereocenters. The van der Waals surface area contributed by atoms with E-state index in [0.717, 1.165) is 10.9 Å². The Labute approximate surface area is 144 Å². The van der Waals surface area contributed by atoms with Crippen molar-refractivity contribution in [3.63, 3.8) is 0 Å². The van der Waals surface area contributed by atoms with Crippen LogP contribution in [0.15, 0.2) is 53.0 Å². The normalized spacial score (nSPS) is 10.2. The van der Waals surface area contributed by atoms with Gasteiger partial charge in [-0.3, -0.25) is 4.79 Å². The van der Waals surface area contributed by atoms with Crippen LogP contribution < -0.4 is 5.32 Å². The molecular weight excluding hydrogens is 358 g/mol. The van der Waals surface area contributed by atoms with Crippen LogP contribution >= 0.6 is 15.9 Å². The first kappa shape index (κ1) is 17.2. The minimum absolute atomic E-state index is 0.275. The summed E-state index contributed by atoms with van der Waals surface area (Å²) in [5.41, 5.74) is 2.81. The second-order valence-electron chi connectivity index (χ2n) is 5.11. The maximum atomic E-state index is 11.8. The van der Waals surface area contributed by atoms with E-state index in [2.05, 4.69) is 21.2 Å². The average molecular weight is 376 g/mol. The standard InChI is InChI=1S/C18H18BrNO3/c1-13-4-2-3-5-14(13)10-11-20-17(21)12-23-18(22)15-6-8-16(19)9-7-15/h2-9H,10-12H2,1H3,(H,20,21). The van der Waals surface area contributed by atoms with Gasteiger partial charge in [0.1, 0.15) is 0 Å². The van der Waals surface area contributed by atoms with Gasteiger partial charge in [0.25, 0.3) is 5.91 Å². The molecule has 2 rings (SSSR count). The molecule has 0 aromatic heterocycles. The predicted octanol–water partition coefficient (Wildman–Crippen LogP) is 3.27. The number of hydrogen-bond acceptors (Lipinski definition) is 3. The molecule has 0 spiro atoms. The van der Waals surface area contributed by atoms with Gasteiger partial charge >= 0.3 is 5.97 Å². The summed E-state index contributed by atoms with van der Waals surface area (Å²) in [4.78, 5) is 23.5. The highest BCUT2D eigenvalue weighted by Crippen LogP contribution is 2.11. The van der Waals surface area contributed by atoms with Gasteiger partial charge in [0.05, 0.1) is 5.56 Å². The van der Waals surface area contributed by atoms with Crippen LogP contribution in [-0.4, -0.2) is 25.0 Å².